The van der Waals surface area contributed by atoms with E-state index >= 15 is 0 Å². The summed E-state index contributed by atoms with van der Waals surface area (Å²) in [5.41, 5.74) is 0. The van der Waals surface area contributed by atoms with E-state index < -0.39 is 6.10 Å². The zero-order chi connectivity index (χ0) is 9.84. The van der Waals surface area contributed by atoms with Crippen LogP contribution in [0.1, 0.15) is 33.1 Å². The first-order chi connectivity index (χ1) is 6.20. The number of carbonyl (C=O) groups is 1. The van der Waals surface area contributed by atoms with E-state index in [0.717, 1.165) is 12.8 Å². The molecule has 1 aliphatic carbocycles. The molecule has 1 rings (SSSR count). The van der Waals surface area contributed by atoms with Gasteiger partial charge in [-0.25, -0.2) is 0 Å². The van der Waals surface area contributed by atoms with Crippen LogP contribution in [0.25, 0.3) is 0 Å². The number of aliphatic hydroxyl groups is 1. The highest BCUT2D eigenvalue weighted by Gasteiger charge is 2.38. The fraction of sp³-hybridized carbons (Fsp3) is 0.727. The molecule has 0 saturated heterocycles. The molecule has 0 heterocycles. The van der Waals surface area contributed by atoms with Gasteiger partial charge in [-0.1, -0.05) is 25.5 Å². The van der Waals surface area contributed by atoms with Crippen molar-refractivity contribution >= 4 is 5.78 Å². The Bertz CT molecular complexity index is 208. The van der Waals surface area contributed by atoms with Crippen molar-refractivity contribution in [2.75, 3.05) is 0 Å². The molecule has 1 aliphatic rings. The van der Waals surface area contributed by atoms with Crippen LogP contribution in [-0.4, -0.2) is 17.0 Å². The van der Waals surface area contributed by atoms with Gasteiger partial charge in [0.25, 0.3) is 0 Å². The maximum atomic E-state index is 11.5. The van der Waals surface area contributed by atoms with Crippen molar-refractivity contribution in [3.8, 4) is 0 Å². The summed E-state index contributed by atoms with van der Waals surface area (Å²) in [6.07, 6.45) is 5.72. The third-order valence-corrected chi connectivity index (χ3v) is 2.75. The number of Topliss-reactive ketones (excluding diaryl/α,β-unsaturated/α-hetero) is 1. The maximum absolute atomic E-state index is 11.5. The second-order valence-electron chi connectivity index (χ2n) is 3.74. The summed E-state index contributed by atoms with van der Waals surface area (Å²) in [5.74, 6) is 0.367. The normalized spacial score (nSPS) is 34.7. The Balaban J connectivity index is 2.70. The van der Waals surface area contributed by atoms with Gasteiger partial charge in [-0.05, 0) is 13.3 Å². The molecule has 0 amide bonds. The Morgan fingerprint density at radius 3 is 2.85 bits per heavy atom. The third-order valence-electron chi connectivity index (χ3n) is 2.75. The molecule has 1 saturated carbocycles. The van der Waals surface area contributed by atoms with Gasteiger partial charge in [-0.15, -0.1) is 0 Å². The van der Waals surface area contributed by atoms with Crippen molar-refractivity contribution < 1.29 is 9.90 Å². The third kappa shape index (κ3) is 2.19. The van der Waals surface area contributed by atoms with Crippen LogP contribution in [0.15, 0.2) is 12.2 Å². The summed E-state index contributed by atoms with van der Waals surface area (Å²) >= 11 is 0. The minimum absolute atomic E-state index is 0.0659. The smallest absolute Gasteiger partial charge is 0.139 e. The van der Waals surface area contributed by atoms with E-state index in [-0.39, 0.29) is 17.6 Å². The standard InChI is InChI=1S/C11H18O2/c1-3-5-8-9(6-4-2)11(13)7-10(8)12/h3,5,8-10,12H,4,6-7H2,1-2H3. The highest BCUT2D eigenvalue weighted by Crippen LogP contribution is 2.33. The number of allylic oxidation sites excluding steroid dienone is 1. The predicted molar refractivity (Wildman–Crippen MR) is 52.3 cm³/mol. The van der Waals surface area contributed by atoms with Crippen molar-refractivity contribution in [2.45, 2.75) is 39.2 Å². The zero-order valence-electron chi connectivity index (χ0n) is 8.36. The summed E-state index contributed by atoms with van der Waals surface area (Å²) < 4.78 is 0. The molecule has 3 atom stereocenters. The van der Waals surface area contributed by atoms with Crippen LogP contribution < -0.4 is 0 Å². The SMILES string of the molecule is CC=CC1C(O)CC(=O)C1CCC. The van der Waals surface area contributed by atoms with Gasteiger partial charge in [0.1, 0.15) is 5.78 Å². The molecular weight excluding hydrogens is 164 g/mol. The van der Waals surface area contributed by atoms with Gasteiger partial charge in [-0.3, -0.25) is 4.79 Å². The molecule has 0 radical (unpaired) electrons. The second-order valence-corrected chi connectivity index (χ2v) is 3.74. The number of ketones is 1. The summed E-state index contributed by atoms with van der Waals surface area (Å²) in [6.45, 7) is 4.00. The van der Waals surface area contributed by atoms with Gasteiger partial charge in [0.05, 0.1) is 6.10 Å². The number of aliphatic hydroxyl groups excluding tert-OH is 1. The Morgan fingerprint density at radius 1 is 1.62 bits per heavy atom. The van der Waals surface area contributed by atoms with E-state index in [9.17, 15) is 9.90 Å². The number of hydrogen-bond donors (Lipinski definition) is 1. The Labute approximate surface area is 79.6 Å². The van der Waals surface area contributed by atoms with Gasteiger partial charge in [0, 0.05) is 18.3 Å². The fourth-order valence-corrected chi connectivity index (χ4v) is 2.13. The average molecular weight is 182 g/mol. The van der Waals surface area contributed by atoms with E-state index in [0.29, 0.717) is 6.42 Å². The monoisotopic (exact) mass is 182 g/mol. The largest absolute Gasteiger partial charge is 0.392 e. The van der Waals surface area contributed by atoms with Crippen LogP contribution in [0, 0.1) is 11.8 Å². The number of rotatable bonds is 3. The van der Waals surface area contributed by atoms with E-state index in [1.54, 1.807) is 0 Å². The molecule has 1 N–H and O–H groups in total. The van der Waals surface area contributed by atoms with Crippen LogP contribution in [0.4, 0.5) is 0 Å². The van der Waals surface area contributed by atoms with Crippen molar-refractivity contribution in [3.05, 3.63) is 12.2 Å². The number of hydrogen-bond acceptors (Lipinski definition) is 2. The first kappa shape index (κ1) is 10.5. The van der Waals surface area contributed by atoms with Crippen molar-refractivity contribution in [1.29, 1.82) is 0 Å². The van der Waals surface area contributed by atoms with Gasteiger partial charge >= 0.3 is 0 Å². The van der Waals surface area contributed by atoms with Crippen molar-refractivity contribution in [2.24, 2.45) is 11.8 Å². The molecule has 2 heteroatoms. The lowest BCUT2D eigenvalue weighted by atomic mass is 9.90. The topological polar surface area (TPSA) is 37.3 Å². The first-order valence-electron chi connectivity index (χ1n) is 5.04. The van der Waals surface area contributed by atoms with E-state index in [2.05, 4.69) is 6.92 Å². The first-order valence-corrected chi connectivity index (χ1v) is 5.04. The maximum Gasteiger partial charge on any atom is 0.139 e. The number of carbonyl (C=O) groups excluding carboxylic acids is 1. The highest BCUT2D eigenvalue weighted by atomic mass is 16.3. The summed E-state index contributed by atoms with van der Waals surface area (Å²) in [7, 11) is 0. The average Bonchev–Trinajstić information content (AvgIpc) is 2.33. The fourth-order valence-electron chi connectivity index (χ4n) is 2.13. The van der Waals surface area contributed by atoms with Crippen molar-refractivity contribution in [1.82, 2.24) is 0 Å². The van der Waals surface area contributed by atoms with E-state index in [1.807, 2.05) is 19.1 Å². The Kier molecular flexibility index (Phi) is 3.67. The Morgan fingerprint density at radius 2 is 2.31 bits per heavy atom. The molecule has 74 valence electrons. The molecule has 3 unspecified atom stereocenters. The van der Waals surface area contributed by atoms with Gasteiger partial charge < -0.3 is 5.11 Å². The van der Waals surface area contributed by atoms with Crippen LogP contribution in [-0.2, 0) is 4.79 Å². The quantitative estimate of drug-likeness (QED) is 0.677. The second kappa shape index (κ2) is 4.56. The molecule has 0 aliphatic heterocycles. The molecule has 0 aromatic carbocycles. The van der Waals surface area contributed by atoms with Crippen LogP contribution in [0.5, 0.6) is 0 Å². The zero-order valence-corrected chi connectivity index (χ0v) is 8.36. The van der Waals surface area contributed by atoms with Crippen molar-refractivity contribution in [3.63, 3.8) is 0 Å². The van der Waals surface area contributed by atoms with Crippen LogP contribution in [0.2, 0.25) is 0 Å². The van der Waals surface area contributed by atoms with Crippen LogP contribution in [0.3, 0.4) is 0 Å². The van der Waals surface area contributed by atoms with Gasteiger partial charge in [0.15, 0.2) is 0 Å². The van der Waals surface area contributed by atoms with Crippen LogP contribution >= 0.6 is 0 Å². The minimum atomic E-state index is -0.444. The Hall–Kier alpha value is -0.630. The summed E-state index contributed by atoms with van der Waals surface area (Å²) in [6, 6.07) is 0. The molecule has 2 nitrogen and oxygen atoms in total. The molecule has 0 aromatic rings. The highest BCUT2D eigenvalue weighted by molar-refractivity contribution is 5.84. The van der Waals surface area contributed by atoms with E-state index in [4.69, 9.17) is 0 Å². The molecular formula is C11H18O2. The lowest BCUT2D eigenvalue weighted by molar-refractivity contribution is -0.121. The van der Waals surface area contributed by atoms with Gasteiger partial charge in [-0.2, -0.15) is 0 Å². The molecule has 0 aromatic heterocycles. The molecule has 0 spiro atoms. The summed E-state index contributed by atoms with van der Waals surface area (Å²) in [5, 5.41) is 9.62. The molecule has 0 bridgehead atoms. The van der Waals surface area contributed by atoms with E-state index in [1.165, 1.54) is 0 Å². The predicted octanol–water partition coefficient (Wildman–Crippen LogP) is 1.93. The lowest BCUT2D eigenvalue weighted by Gasteiger charge is -2.15. The molecule has 13 heavy (non-hydrogen) atoms. The summed E-state index contributed by atoms with van der Waals surface area (Å²) in [4.78, 5) is 11.5. The lowest BCUT2D eigenvalue weighted by Crippen LogP contribution is -2.18. The van der Waals surface area contributed by atoms with Gasteiger partial charge in [0.2, 0.25) is 0 Å². The minimum Gasteiger partial charge on any atom is -0.392 e. The molecule has 1 fully saturated rings.